The maximum atomic E-state index is 5.79. The molecule has 0 aliphatic carbocycles. The zero-order valence-corrected chi connectivity index (χ0v) is 6.80. The fourth-order valence-corrected chi connectivity index (χ4v) is 1.95. The van der Waals surface area contributed by atoms with E-state index in [1.165, 1.54) is 10.5 Å². The number of rotatable bonds is 0. The van der Waals surface area contributed by atoms with Gasteiger partial charge in [-0.1, -0.05) is 11.6 Å². The van der Waals surface area contributed by atoms with Crippen LogP contribution in [0.2, 0.25) is 5.02 Å². The fraction of sp³-hybridized carbons (Fsp3) is 0.143. The molecule has 0 spiro atoms. The van der Waals surface area contributed by atoms with Crippen LogP contribution in [0.5, 0.6) is 0 Å². The number of nitrogens with one attached hydrogen (secondary N) is 1. The molecule has 1 heterocycles. The summed E-state index contributed by atoms with van der Waals surface area (Å²) in [5, 5.41) is 0.822. The lowest BCUT2D eigenvalue weighted by atomic mass is 10.2. The number of hydrogen-bond donors (Lipinski definition) is 1. The van der Waals surface area contributed by atoms with Gasteiger partial charge < -0.3 is 0 Å². The lowest BCUT2D eigenvalue weighted by Gasteiger charge is -1.94. The van der Waals surface area contributed by atoms with E-state index in [4.69, 9.17) is 11.6 Å². The SMILES string of the molecule is Clc1ccc2c(c1)CNS2. The van der Waals surface area contributed by atoms with Crippen LogP contribution >= 0.6 is 23.5 Å². The Labute approximate surface area is 68.9 Å². The van der Waals surface area contributed by atoms with Gasteiger partial charge in [0.1, 0.15) is 0 Å². The molecule has 0 amide bonds. The predicted octanol–water partition coefficient (Wildman–Crippen LogP) is 2.45. The molecule has 0 atom stereocenters. The van der Waals surface area contributed by atoms with Gasteiger partial charge >= 0.3 is 0 Å². The minimum Gasteiger partial charge on any atom is -0.255 e. The molecule has 2 rings (SSSR count). The molecule has 1 N–H and O–H groups in total. The monoisotopic (exact) mass is 171 g/mol. The standard InChI is InChI=1S/C7H6ClNS/c8-6-1-2-7-5(3-6)4-9-10-7/h1-3,9H,4H2. The summed E-state index contributed by atoms with van der Waals surface area (Å²) in [4.78, 5) is 1.30. The lowest BCUT2D eigenvalue weighted by molar-refractivity contribution is 0.994. The van der Waals surface area contributed by atoms with Crippen molar-refractivity contribution in [2.45, 2.75) is 11.4 Å². The van der Waals surface area contributed by atoms with Gasteiger partial charge in [-0.2, -0.15) is 0 Å². The summed E-state index contributed by atoms with van der Waals surface area (Å²) in [5.41, 5.74) is 1.30. The molecule has 0 fully saturated rings. The molecule has 1 aliphatic rings. The topological polar surface area (TPSA) is 12.0 Å². The van der Waals surface area contributed by atoms with Crippen molar-refractivity contribution in [2.75, 3.05) is 0 Å². The van der Waals surface area contributed by atoms with E-state index < -0.39 is 0 Å². The minimum atomic E-state index is 0.822. The Kier molecular flexibility index (Phi) is 1.60. The highest BCUT2D eigenvalue weighted by Crippen LogP contribution is 2.28. The molecule has 0 bridgehead atoms. The second-order valence-electron chi connectivity index (χ2n) is 2.18. The Morgan fingerprint density at radius 2 is 2.40 bits per heavy atom. The van der Waals surface area contributed by atoms with Gasteiger partial charge in [0.15, 0.2) is 0 Å². The largest absolute Gasteiger partial charge is 0.255 e. The van der Waals surface area contributed by atoms with Gasteiger partial charge in [-0.25, -0.2) is 0 Å². The number of benzene rings is 1. The summed E-state index contributed by atoms with van der Waals surface area (Å²) in [7, 11) is 0. The maximum Gasteiger partial charge on any atom is 0.0410 e. The highest BCUT2D eigenvalue weighted by atomic mass is 35.5. The van der Waals surface area contributed by atoms with Crippen LogP contribution < -0.4 is 4.72 Å². The van der Waals surface area contributed by atoms with Crippen LogP contribution in [0.25, 0.3) is 0 Å². The normalized spacial score (nSPS) is 15.3. The van der Waals surface area contributed by atoms with Crippen LogP contribution in [0, 0.1) is 0 Å². The van der Waals surface area contributed by atoms with Crippen molar-refractivity contribution in [3.05, 3.63) is 28.8 Å². The molecule has 0 radical (unpaired) electrons. The van der Waals surface area contributed by atoms with E-state index in [1.807, 2.05) is 18.2 Å². The summed E-state index contributed by atoms with van der Waals surface area (Å²) in [6.07, 6.45) is 0. The van der Waals surface area contributed by atoms with Gasteiger partial charge in [0.05, 0.1) is 0 Å². The average molecular weight is 172 g/mol. The number of hydrogen-bond acceptors (Lipinski definition) is 2. The lowest BCUT2D eigenvalue weighted by Crippen LogP contribution is -1.91. The van der Waals surface area contributed by atoms with Gasteiger partial charge in [-0.15, -0.1) is 0 Å². The maximum absolute atomic E-state index is 5.79. The van der Waals surface area contributed by atoms with Crippen molar-refractivity contribution >= 4 is 23.5 Å². The third-order valence-electron chi connectivity index (χ3n) is 1.47. The van der Waals surface area contributed by atoms with Gasteiger partial charge in [0.2, 0.25) is 0 Å². The predicted molar refractivity (Wildman–Crippen MR) is 44.1 cm³/mol. The molecule has 3 heteroatoms. The molecule has 1 aromatic carbocycles. The third kappa shape index (κ3) is 1.03. The van der Waals surface area contributed by atoms with Crippen molar-refractivity contribution in [3.8, 4) is 0 Å². The molecule has 1 nitrogen and oxygen atoms in total. The first-order valence-electron chi connectivity index (χ1n) is 3.04. The molecule has 0 saturated heterocycles. The molecule has 0 saturated carbocycles. The fourth-order valence-electron chi connectivity index (χ4n) is 0.977. The second kappa shape index (κ2) is 2.46. The van der Waals surface area contributed by atoms with E-state index in [2.05, 4.69) is 4.72 Å². The van der Waals surface area contributed by atoms with Crippen LogP contribution in [0.3, 0.4) is 0 Å². The first-order valence-corrected chi connectivity index (χ1v) is 4.24. The van der Waals surface area contributed by atoms with E-state index in [1.54, 1.807) is 11.9 Å². The first kappa shape index (κ1) is 6.53. The molecule has 0 unspecified atom stereocenters. The Balaban J connectivity index is 2.52. The Morgan fingerprint density at radius 3 is 3.30 bits per heavy atom. The number of fused-ring (bicyclic) bond motifs is 1. The summed E-state index contributed by atoms with van der Waals surface area (Å²) in [6, 6.07) is 5.96. The molecular formula is C7H6ClNS. The van der Waals surface area contributed by atoms with E-state index in [-0.39, 0.29) is 0 Å². The van der Waals surface area contributed by atoms with Gasteiger partial charge in [0.25, 0.3) is 0 Å². The Hall–Kier alpha value is -0.180. The van der Waals surface area contributed by atoms with Crippen LogP contribution in [0.1, 0.15) is 5.56 Å². The van der Waals surface area contributed by atoms with E-state index in [0.29, 0.717) is 0 Å². The van der Waals surface area contributed by atoms with Crippen molar-refractivity contribution in [3.63, 3.8) is 0 Å². The van der Waals surface area contributed by atoms with Gasteiger partial charge in [0, 0.05) is 16.5 Å². The van der Waals surface area contributed by atoms with Crippen LogP contribution in [-0.2, 0) is 6.54 Å². The molecule has 1 aliphatic heterocycles. The number of halogens is 1. The second-order valence-corrected chi connectivity index (χ2v) is 3.54. The van der Waals surface area contributed by atoms with Crippen LogP contribution in [-0.4, -0.2) is 0 Å². The summed E-state index contributed by atoms with van der Waals surface area (Å²) in [5.74, 6) is 0. The molecule has 1 aromatic rings. The van der Waals surface area contributed by atoms with Gasteiger partial charge in [-0.05, 0) is 35.7 Å². The molecular weight excluding hydrogens is 166 g/mol. The van der Waals surface area contributed by atoms with Crippen LogP contribution in [0.4, 0.5) is 0 Å². The zero-order chi connectivity index (χ0) is 6.97. The molecule has 10 heavy (non-hydrogen) atoms. The average Bonchev–Trinajstić information content (AvgIpc) is 2.33. The first-order chi connectivity index (χ1) is 4.86. The van der Waals surface area contributed by atoms with Crippen molar-refractivity contribution in [1.82, 2.24) is 4.72 Å². The molecule has 0 aromatic heterocycles. The van der Waals surface area contributed by atoms with Crippen molar-refractivity contribution in [1.29, 1.82) is 0 Å². The quantitative estimate of drug-likeness (QED) is 0.602. The van der Waals surface area contributed by atoms with Crippen LogP contribution in [0.15, 0.2) is 23.1 Å². The third-order valence-corrected chi connectivity index (χ3v) is 2.61. The Morgan fingerprint density at radius 1 is 1.50 bits per heavy atom. The summed E-state index contributed by atoms with van der Waals surface area (Å²) < 4.78 is 3.17. The summed E-state index contributed by atoms with van der Waals surface area (Å²) >= 11 is 7.45. The minimum absolute atomic E-state index is 0.822. The van der Waals surface area contributed by atoms with Crippen molar-refractivity contribution in [2.24, 2.45) is 0 Å². The highest BCUT2D eigenvalue weighted by molar-refractivity contribution is 7.97. The van der Waals surface area contributed by atoms with E-state index >= 15 is 0 Å². The smallest absolute Gasteiger partial charge is 0.0410 e. The molecule has 52 valence electrons. The van der Waals surface area contributed by atoms with Crippen molar-refractivity contribution < 1.29 is 0 Å². The highest BCUT2D eigenvalue weighted by Gasteiger charge is 2.09. The Bertz CT molecular complexity index is 262. The van der Waals surface area contributed by atoms with E-state index in [9.17, 15) is 0 Å². The van der Waals surface area contributed by atoms with Gasteiger partial charge in [-0.3, -0.25) is 4.72 Å². The zero-order valence-electron chi connectivity index (χ0n) is 5.23. The van der Waals surface area contributed by atoms with E-state index in [0.717, 1.165) is 11.6 Å². The summed E-state index contributed by atoms with van der Waals surface area (Å²) in [6.45, 7) is 0.931.